The fourth-order valence-electron chi connectivity index (χ4n) is 1.96. The molecule has 0 spiro atoms. The van der Waals surface area contributed by atoms with Crippen LogP contribution in [0.15, 0.2) is 46.9 Å². The van der Waals surface area contributed by atoms with Gasteiger partial charge in [-0.2, -0.15) is 0 Å². The van der Waals surface area contributed by atoms with Gasteiger partial charge in [-0.3, -0.25) is 0 Å². The maximum atomic E-state index is 5.78. The minimum absolute atomic E-state index is 0.545. The van der Waals surface area contributed by atoms with Crippen molar-refractivity contribution in [2.75, 3.05) is 25.6 Å². The first-order chi connectivity index (χ1) is 10.2. The summed E-state index contributed by atoms with van der Waals surface area (Å²) < 4.78 is 11.9. The second kappa shape index (κ2) is 8.05. The fraction of sp³-hybridized carbons (Fsp3) is 0.294. The van der Waals surface area contributed by atoms with E-state index in [1.54, 1.807) is 7.11 Å². The highest BCUT2D eigenvalue weighted by Crippen LogP contribution is 2.27. The number of methoxy groups -OCH3 is 1. The molecule has 0 aliphatic carbocycles. The van der Waals surface area contributed by atoms with Gasteiger partial charge in [0.15, 0.2) is 0 Å². The molecule has 0 atom stereocenters. The summed E-state index contributed by atoms with van der Waals surface area (Å²) in [5, 5.41) is 3.43. The van der Waals surface area contributed by atoms with E-state index in [0.717, 1.165) is 22.5 Å². The van der Waals surface area contributed by atoms with Crippen molar-refractivity contribution in [1.82, 2.24) is 0 Å². The van der Waals surface area contributed by atoms with Gasteiger partial charge in [-0.1, -0.05) is 40.2 Å². The molecule has 0 aliphatic heterocycles. The van der Waals surface area contributed by atoms with Crippen LogP contribution in [0.3, 0.4) is 0 Å². The minimum atomic E-state index is 0.545. The predicted molar refractivity (Wildman–Crippen MR) is 90.0 cm³/mol. The fourth-order valence-corrected chi connectivity index (χ4v) is 2.39. The van der Waals surface area contributed by atoms with Gasteiger partial charge in [0, 0.05) is 18.1 Å². The van der Waals surface area contributed by atoms with Crippen molar-refractivity contribution >= 4 is 21.6 Å². The van der Waals surface area contributed by atoms with Gasteiger partial charge in [0.1, 0.15) is 12.4 Å². The summed E-state index contributed by atoms with van der Waals surface area (Å²) in [7, 11) is 1.67. The topological polar surface area (TPSA) is 30.5 Å². The Kier molecular flexibility index (Phi) is 6.08. The van der Waals surface area contributed by atoms with Crippen LogP contribution in [-0.4, -0.2) is 20.3 Å². The monoisotopic (exact) mass is 349 g/mol. The molecule has 4 heteroatoms. The molecule has 2 aromatic carbocycles. The third kappa shape index (κ3) is 4.76. The first-order valence-corrected chi connectivity index (χ1v) is 7.69. The van der Waals surface area contributed by atoms with Gasteiger partial charge in [-0.15, -0.1) is 0 Å². The highest BCUT2D eigenvalue weighted by atomic mass is 79.9. The number of rotatable bonds is 7. The van der Waals surface area contributed by atoms with Crippen LogP contribution in [0.1, 0.15) is 11.1 Å². The maximum Gasteiger partial charge on any atom is 0.142 e. The summed E-state index contributed by atoms with van der Waals surface area (Å²) in [6.07, 6.45) is 0. The molecule has 0 fully saturated rings. The lowest BCUT2D eigenvalue weighted by atomic mass is 10.2. The molecule has 2 rings (SSSR count). The molecule has 0 aromatic heterocycles. The van der Waals surface area contributed by atoms with Crippen LogP contribution in [0.4, 0.5) is 5.69 Å². The van der Waals surface area contributed by atoms with Crippen molar-refractivity contribution in [3.63, 3.8) is 0 Å². The van der Waals surface area contributed by atoms with Gasteiger partial charge < -0.3 is 14.8 Å². The maximum absolute atomic E-state index is 5.78. The van der Waals surface area contributed by atoms with E-state index >= 15 is 0 Å². The largest absolute Gasteiger partial charge is 0.489 e. The number of hydrogen-bond acceptors (Lipinski definition) is 3. The molecular weight excluding hydrogens is 330 g/mol. The Morgan fingerprint density at radius 1 is 1.10 bits per heavy atom. The van der Waals surface area contributed by atoms with Crippen LogP contribution >= 0.6 is 15.9 Å². The normalized spacial score (nSPS) is 10.4. The molecule has 0 aliphatic rings. The van der Waals surface area contributed by atoms with E-state index in [4.69, 9.17) is 9.47 Å². The van der Waals surface area contributed by atoms with Crippen LogP contribution in [0.2, 0.25) is 0 Å². The van der Waals surface area contributed by atoms with E-state index in [1.165, 1.54) is 11.1 Å². The molecule has 3 nitrogen and oxygen atoms in total. The second-order valence-electron chi connectivity index (χ2n) is 4.79. The van der Waals surface area contributed by atoms with Crippen LogP contribution in [-0.2, 0) is 11.3 Å². The molecule has 0 amide bonds. The number of ether oxygens (including phenoxy) is 2. The third-order valence-electron chi connectivity index (χ3n) is 3.11. The Labute approximate surface area is 134 Å². The molecule has 0 saturated heterocycles. The van der Waals surface area contributed by atoms with E-state index in [0.29, 0.717) is 13.2 Å². The van der Waals surface area contributed by atoms with Crippen molar-refractivity contribution in [1.29, 1.82) is 0 Å². The van der Waals surface area contributed by atoms with E-state index < -0.39 is 0 Å². The molecule has 0 unspecified atom stereocenters. The second-order valence-corrected chi connectivity index (χ2v) is 5.64. The number of anilines is 1. The Morgan fingerprint density at radius 3 is 2.67 bits per heavy atom. The summed E-state index contributed by atoms with van der Waals surface area (Å²) in [6.45, 7) is 3.92. The minimum Gasteiger partial charge on any atom is -0.489 e. The molecular formula is C17H20BrNO2. The van der Waals surface area contributed by atoms with Crippen molar-refractivity contribution in [2.24, 2.45) is 0 Å². The van der Waals surface area contributed by atoms with Crippen molar-refractivity contribution in [3.8, 4) is 5.75 Å². The Morgan fingerprint density at radius 2 is 1.90 bits per heavy atom. The van der Waals surface area contributed by atoms with E-state index in [1.807, 2.05) is 30.3 Å². The van der Waals surface area contributed by atoms with Crippen LogP contribution in [0.5, 0.6) is 5.75 Å². The molecule has 0 heterocycles. The first-order valence-electron chi connectivity index (χ1n) is 6.90. The molecule has 21 heavy (non-hydrogen) atoms. The van der Waals surface area contributed by atoms with Crippen LogP contribution in [0.25, 0.3) is 0 Å². The van der Waals surface area contributed by atoms with Gasteiger partial charge in [-0.05, 0) is 36.2 Å². The average molecular weight is 350 g/mol. The molecule has 1 N–H and O–H groups in total. The zero-order valence-electron chi connectivity index (χ0n) is 12.4. The number of halogens is 1. The van der Waals surface area contributed by atoms with Crippen molar-refractivity contribution in [2.45, 2.75) is 13.5 Å². The Hall–Kier alpha value is -1.52. The summed E-state index contributed by atoms with van der Waals surface area (Å²) >= 11 is 3.56. The van der Waals surface area contributed by atoms with E-state index in [9.17, 15) is 0 Å². The van der Waals surface area contributed by atoms with Crippen LogP contribution < -0.4 is 10.1 Å². The lowest BCUT2D eigenvalue weighted by molar-refractivity contribution is 0.146. The summed E-state index contributed by atoms with van der Waals surface area (Å²) in [4.78, 5) is 0. The molecule has 0 saturated carbocycles. The van der Waals surface area contributed by atoms with Crippen molar-refractivity contribution < 1.29 is 9.47 Å². The SMILES string of the molecule is COCCOc1cc(C)ccc1NCc1ccccc1Br. The average Bonchev–Trinajstić information content (AvgIpc) is 2.48. The summed E-state index contributed by atoms with van der Waals surface area (Å²) in [6, 6.07) is 14.3. The number of benzene rings is 2. The quantitative estimate of drug-likeness (QED) is 0.751. The number of hydrogen-bond donors (Lipinski definition) is 1. The summed E-state index contributed by atoms with van der Waals surface area (Å²) in [5.41, 5.74) is 3.38. The highest BCUT2D eigenvalue weighted by Gasteiger charge is 2.05. The summed E-state index contributed by atoms with van der Waals surface area (Å²) in [5.74, 6) is 0.860. The first kappa shape index (κ1) is 15.9. The van der Waals surface area contributed by atoms with Gasteiger partial charge in [0.2, 0.25) is 0 Å². The smallest absolute Gasteiger partial charge is 0.142 e. The Balaban J connectivity index is 2.06. The molecule has 112 valence electrons. The Bertz CT molecular complexity index is 587. The standard InChI is InChI=1S/C17H20BrNO2/c1-13-7-8-16(17(11-13)21-10-9-20-2)19-12-14-5-3-4-6-15(14)18/h3-8,11,19H,9-10,12H2,1-2H3. The third-order valence-corrected chi connectivity index (χ3v) is 3.88. The van der Waals surface area contributed by atoms with Crippen LogP contribution in [0, 0.1) is 6.92 Å². The number of nitrogens with one attached hydrogen (secondary N) is 1. The van der Waals surface area contributed by atoms with Gasteiger partial charge in [0.05, 0.1) is 12.3 Å². The predicted octanol–water partition coefficient (Wildman–Crippen LogP) is 4.39. The van der Waals surface area contributed by atoms with Gasteiger partial charge in [-0.25, -0.2) is 0 Å². The van der Waals surface area contributed by atoms with Gasteiger partial charge >= 0.3 is 0 Å². The van der Waals surface area contributed by atoms with Crippen molar-refractivity contribution in [3.05, 3.63) is 58.1 Å². The lowest BCUT2D eigenvalue weighted by Crippen LogP contribution is -2.07. The van der Waals surface area contributed by atoms with E-state index in [-0.39, 0.29) is 0 Å². The zero-order chi connectivity index (χ0) is 15.1. The van der Waals surface area contributed by atoms with Gasteiger partial charge in [0.25, 0.3) is 0 Å². The molecule has 0 bridgehead atoms. The van der Waals surface area contributed by atoms with E-state index in [2.05, 4.69) is 40.3 Å². The molecule has 0 radical (unpaired) electrons. The lowest BCUT2D eigenvalue weighted by Gasteiger charge is -2.14. The number of aryl methyl sites for hydroxylation is 1. The molecule has 2 aromatic rings. The highest BCUT2D eigenvalue weighted by molar-refractivity contribution is 9.10. The zero-order valence-corrected chi connectivity index (χ0v) is 13.9.